The Bertz CT molecular complexity index is 709. The highest BCUT2D eigenvalue weighted by atomic mass is 35.5. The van der Waals surface area contributed by atoms with E-state index in [-0.39, 0.29) is 17.8 Å². The number of nitrogens with zero attached hydrogens (tertiary/aromatic N) is 1. The van der Waals surface area contributed by atoms with E-state index in [1.165, 1.54) is 28.4 Å². The normalized spacial score (nSPS) is 22.0. The molecule has 1 aliphatic rings. The number of thiophene rings is 1. The van der Waals surface area contributed by atoms with Gasteiger partial charge < -0.3 is 9.80 Å². The third kappa shape index (κ3) is 2.85. The molecule has 2 aromatic rings. The number of nitrogens with one attached hydrogen (secondary N) is 1. The largest absolute Gasteiger partial charge is 0.338 e. The molecule has 0 aliphatic carbocycles. The molecule has 0 spiro atoms. The highest BCUT2D eigenvalue weighted by Gasteiger charge is 2.29. The fourth-order valence-corrected chi connectivity index (χ4v) is 4.50. The quantitative estimate of drug-likeness (QED) is 0.891. The zero-order valence-corrected chi connectivity index (χ0v) is 14.2. The number of carbonyl (C=O) groups excluding carboxylic acids is 1. The van der Waals surface area contributed by atoms with Gasteiger partial charge in [0, 0.05) is 36.0 Å². The molecule has 0 saturated carbocycles. The van der Waals surface area contributed by atoms with Gasteiger partial charge in [0.05, 0.1) is 25.2 Å². The lowest BCUT2D eigenvalue weighted by Crippen LogP contribution is -3.10. The zero-order valence-electron chi connectivity index (χ0n) is 12.7. The van der Waals surface area contributed by atoms with Crippen LogP contribution < -0.4 is 4.90 Å². The van der Waals surface area contributed by atoms with E-state index in [0.717, 1.165) is 36.0 Å². The molecule has 1 N–H and O–H groups in total. The first-order valence-corrected chi connectivity index (χ1v) is 8.63. The number of benzene rings is 1. The topological polar surface area (TPSA) is 24.8 Å². The van der Waals surface area contributed by atoms with Crippen molar-refractivity contribution in [1.29, 1.82) is 0 Å². The van der Waals surface area contributed by atoms with Crippen LogP contribution in [0, 0.1) is 5.82 Å². The fraction of sp³-hybridized carbons (Fsp3) is 0.438. The Labute approximate surface area is 138 Å². The van der Waals surface area contributed by atoms with E-state index in [0.29, 0.717) is 9.90 Å². The van der Waals surface area contributed by atoms with Crippen molar-refractivity contribution in [2.45, 2.75) is 18.9 Å². The summed E-state index contributed by atoms with van der Waals surface area (Å²) in [6.45, 7) is 2.15. The zero-order chi connectivity index (χ0) is 15.9. The van der Waals surface area contributed by atoms with Crippen molar-refractivity contribution < 1.29 is 14.1 Å². The molecule has 0 atom stereocenters. The Morgan fingerprint density at radius 2 is 2.09 bits per heavy atom. The van der Waals surface area contributed by atoms with Crippen LogP contribution in [0.3, 0.4) is 0 Å². The summed E-state index contributed by atoms with van der Waals surface area (Å²) in [7, 11) is 4.02. The van der Waals surface area contributed by atoms with Crippen LogP contribution >= 0.6 is 22.9 Å². The third-order valence-electron chi connectivity index (χ3n) is 4.46. The lowest BCUT2D eigenvalue weighted by Gasteiger charge is -2.33. The van der Waals surface area contributed by atoms with Gasteiger partial charge >= 0.3 is 0 Å². The summed E-state index contributed by atoms with van der Waals surface area (Å²) >= 11 is 7.62. The molecule has 2 heterocycles. The van der Waals surface area contributed by atoms with Crippen molar-refractivity contribution in [2.24, 2.45) is 0 Å². The lowest BCUT2D eigenvalue weighted by molar-refractivity contribution is -0.885. The predicted octanol–water partition coefficient (Wildman–Crippen LogP) is 2.44. The highest BCUT2D eigenvalue weighted by molar-refractivity contribution is 7.21. The van der Waals surface area contributed by atoms with E-state index in [1.807, 2.05) is 7.05 Å². The van der Waals surface area contributed by atoms with Crippen molar-refractivity contribution in [3.05, 3.63) is 33.9 Å². The number of likely N-dealkylation sites (tertiary alicyclic amines) is 1. The van der Waals surface area contributed by atoms with Crippen molar-refractivity contribution in [3.63, 3.8) is 0 Å². The first-order valence-electron chi connectivity index (χ1n) is 7.43. The molecule has 1 aromatic heterocycles. The van der Waals surface area contributed by atoms with Crippen molar-refractivity contribution in [2.75, 3.05) is 27.2 Å². The molecular weight excluding hydrogens is 323 g/mol. The summed E-state index contributed by atoms with van der Waals surface area (Å²) in [5, 5.41) is 1.19. The van der Waals surface area contributed by atoms with Gasteiger partial charge in [-0.15, -0.1) is 11.3 Å². The Hall–Kier alpha value is -1.17. The number of piperidine rings is 1. The molecule has 22 heavy (non-hydrogen) atoms. The highest BCUT2D eigenvalue weighted by Crippen LogP contribution is 2.36. The Morgan fingerprint density at radius 3 is 2.77 bits per heavy atom. The van der Waals surface area contributed by atoms with Crippen LogP contribution in [-0.4, -0.2) is 44.0 Å². The lowest BCUT2D eigenvalue weighted by atomic mass is 10.0. The molecule has 0 unspecified atom stereocenters. The number of hydrogen-bond donors (Lipinski definition) is 1. The summed E-state index contributed by atoms with van der Waals surface area (Å²) in [6.07, 6.45) is 2.01. The summed E-state index contributed by atoms with van der Waals surface area (Å²) in [6, 6.07) is 4.70. The molecule has 3 rings (SSSR count). The molecule has 1 aliphatic heterocycles. The monoisotopic (exact) mass is 341 g/mol. The maximum atomic E-state index is 13.3. The molecule has 1 amide bonds. The second kappa shape index (κ2) is 6.14. The van der Waals surface area contributed by atoms with Gasteiger partial charge in [-0.25, -0.2) is 4.39 Å². The van der Waals surface area contributed by atoms with E-state index < -0.39 is 0 Å². The van der Waals surface area contributed by atoms with Crippen LogP contribution in [0.1, 0.15) is 22.5 Å². The smallest absolute Gasteiger partial charge is 0.265 e. The molecule has 1 saturated heterocycles. The van der Waals surface area contributed by atoms with Crippen LogP contribution in [0.5, 0.6) is 0 Å². The van der Waals surface area contributed by atoms with Crippen LogP contribution in [0.25, 0.3) is 10.1 Å². The van der Waals surface area contributed by atoms with Crippen LogP contribution in [0.4, 0.5) is 4.39 Å². The Balaban J connectivity index is 1.87. The van der Waals surface area contributed by atoms with Crippen molar-refractivity contribution >= 4 is 38.9 Å². The van der Waals surface area contributed by atoms with E-state index in [1.54, 1.807) is 11.0 Å². The number of halogens is 2. The summed E-state index contributed by atoms with van der Waals surface area (Å²) in [5.41, 5.74) is 0. The molecule has 6 heteroatoms. The Morgan fingerprint density at radius 1 is 1.41 bits per heavy atom. The van der Waals surface area contributed by atoms with Gasteiger partial charge in [0.2, 0.25) is 0 Å². The molecular formula is C16H19ClFN2OS+. The molecule has 118 valence electrons. The molecule has 1 aromatic carbocycles. The predicted molar refractivity (Wildman–Crippen MR) is 88.5 cm³/mol. The molecule has 0 radical (unpaired) electrons. The van der Waals surface area contributed by atoms with Gasteiger partial charge in [-0.2, -0.15) is 0 Å². The minimum absolute atomic E-state index is 0.0591. The average Bonchev–Trinajstić information content (AvgIpc) is 2.83. The molecule has 0 bridgehead atoms. The minimum Gasteiger partial charge on any atom is -0.338 e. The number of fused-ring (bicyclic) bond motifs is 1. The SMILES string of the molecule is CN(C(=O)c1sc2cc(F)ccc2c1Cl)C1CC[NH+](C)CC1. The number of hydrogen-bond acceptors (Lipinski definition) is 2. The summed E-state index contributed by atoms with van der Waals surface area (Å²) in [5.74, 6) is -0.368. The summed E-state index contributed by atoms with van der Waals surface area (Å²) < 4.78 is 14.0. The average molecular weight is 342 g/mol. The number of rotatable bonds is 2. The van der Waals surface area contributed by atoms with Crippen molar-refractivity contribution in [3.8, 4) is 0 Å². The number of amides is 1. The van der Waals surface area contributed by atoms with Gasteiger partial charge in [0.15, 0.2) is 0 Å². The maximum Gasteiger partial charge on any atom is 0.265 e. The fourth-order valence-electron chi connectivity index (χ4n) is 2.99. The third-order valence-corrected chi connectivity index (χ3v) is 6.11. The van der Waals surface area contributed by atoms with E-state index >= 15 is 0 Å². The van der Waals surface area contributed by atoms with Gasteiger partial charge in [0.1, 0.15) is 10.7 Å². The van der Waals surface area contributed by atoms with E-state index in [4.69, 9.17) is 11.6 Å². The van der Waals surface area contributed by atoms with Gasteiger partial charge in [-0.05, 0) is 18.2 Å². The van der Waals surface area contributed by atoms with Gasteiger partial charge in [0.25, 0.3) is 5.91 Å². The molecule has 3 nitrogen and oxygen atoms in total. The minimum atomic E-state index is -0.309. The number of carbonyl (C=O) groups is 1. The first-order chi connectivity index (χ1) is 10.5. The first kappa shape index (κ1) is 15.7. The van der Waals surface area contributed by atoms with Crippen LogP contribution in [0.2, 0.25) is 5.02 Å². The van der Waals surface area contributed by atoms with Crippen LogP contribution in [-0.2, 0) is 0 Å². The number of quaternary nitrogens is 1. The second-order valence-corrected chi connectivity index (χ2v) is 7.42. The van der Waals surface area contributed by atoms with Gasteiger partial charge in [-0.1, -0.05) is 11.6 Å². The second-order valence-electron chi connectivity index (χ2n) is 5.99. The molecule has 1 fully saturated rings. The Kier molecular flexibility index (Phi) is 4.39. The standard InChI is InChI=1S/C16H18ClFN2OS/c1-19-7-5-11(6-8-19)20(2)16(21)15-14(17)12-4-3-10(18)9-13(12)22-15/h3-4,9,11H,5-8H2,1-2H3/p+1. The maximum absolute atomic E-state index is 13.3. The van der Waals surface area contributed by atoms with Crippen LogP contribution in [0.15, 0.2) is 18.2 Å². The summed E-state index contributed by atoms with van der Waals surface area (Å²) in [4.78, 5) is 16.6. The van der Waals surface area contributed by atoms with E-state index in [2.05, 4.69) is 7.05 Å². The van der Waals surface area contributed by atoms with Crippen molar-refractivity contribution in [1.82, 2.24) is 4.90 Å². The van der Waals surface area contributed by atoms with Gasteiger partial charge in [-0.3, -0.25) is 4.79 Å². The van der Waals surface area contributed by atoms with E-state index in [9.17, 15) is 9.18 Å².